The summed E-state index contributed by atoms with van der Waals surface area (Å²) in [6.07, 6.45) is 2.32. The van der Waals surface area contributed by atoms with Crippen LogP contribution in [0.3, 0.4) is 0 Å². The Bertz CT molecular complexity index is 945. The predicted molar refractivity (Wildman–Crippen MR) is 99.4 cm³/mol. The second-order valence-corrected chi connectivity index (χ2v) is 6.75. The third-order valence-electron chi connectivity index (χ3n) is 4.94. The molecule has 1 aromatic heterocycles. The van der Waals surface area contributed by atoms with Crippen LogP contribution in [0, 0.1) is 5.92 Å². The Morgan fingerprint density at radius 2 is 1.64 bits per heavy atom. The number of benzene rings is 2. The molecule has 5 nitrogen and oxygen atoms in total. The van der Waals surface area contributed by atoms with Gasteiger partial charge in [0.15, 0.2) is 5.43 Å². The van der Waals surface area contributed by atoms with Crippen LogP contribution in [0.1, 0.15) is 12.8 Å². The average molecular weight is 335 g/mol. The van der Waals surface area contributed by atoms with E-state index >= 15 is 0 Å². The van der Waals surface area contributed by atoms with Crippen LogP contribution in [0.25, 0.3) is 21.8 Å². The molecule has 1 aliphatic rings. The maximum absolute atomic E-state index is 12.7. The van der Waals surface area contributed by atoms with Crippen LogP contribution in [0.4, 0.5) is 0 Å². The number of para-hydroxylation sites is 2. The Labute approximate surface area is 145 Å². The third-order valence-corrected chi connectivity index (χ3v) is 4.94. The van der Waals surface area contributed by atoms with Gasteiger partial charge in [-0.05, 0) is 43.0 Å². The van der Waals surface area contributed by atoms with Gasteiger partial charge in [-0.3, -0.25) is 9.59 Å². The van der Waals surface area contributed by atoms with Gasteiger partial charge in [0, 0.05) is 23.4 Å². The number of rotatable bonds is 5. The number of hydrogen-bond donors (Lipinski definition) is 2. The lowest BCUT2D eigenvalue weighted by Gasteiger charge is -2.16. The minimum Gasteiger partial charge on any atom is -0.353 e. The number of fused-ring (bicyclic) bond motifs is 2. The van der Waals surface area contributed by atoms with E-state index in [2.05, 4.69) is 5.32 Å². The van der Waals surface area contributed by atoms with Crippen molar-refractivity contribution in [2.75, 3.05) is 6.54 Å². The molecule has 1 fully saturated rings. The van der Waals surface area contributed by atoms with Crippen molar-refractivity contribution in [1.82, 2.24) is 9.88 Å². The summed E-state index contributed by atoms with van der Waals surface area (Å²) in [5, 5.41) is 4.19. The van der Waals surface area contributed by atoms with Crippen LogP contribution in [0.2, 0.25) is 0 Å². The second-order valence-electron chi connectivity index (χ2n) is 6.75. The molecule has 0 aliphatic heterocycles. The standard InChI is InChI=1S/C20H21N3O2/c21-16(13-9-10-13)11-22-19(24)12-23-17-7-3-1-5-14(17)20(25)15-6-2-4-8-18(15)23/h1-8,13,16H,9-12,21H2,(H,22,24). The number of amides is 1. The largest absolute Gasteiger partial charge is 0.353 e. The van der Waals surface area contributed by atoms with Crippen LogP contribution in [0.5, 0.6) is 0 Å². The van der Waals surface area contributed by atoms with Gasteiger partial charge < -0.3 is 15.6 Å². The topological polar surface area (TPSA) is 77.1 Å². The van der Waals surface area contributed by atoms with E-state index in [1.807, 2.05) is 53.1 Å². The summed E-state index contributed by atoms with van der Waals surface area (Å²) in [5.74, 6) is 0.462. The number of nitrogens with zero attached hydrogens (tertiary/aromatic N) is 1. The summed E-state index contributed by atoms with van der Waals surface area (Å²) in [7, 11) is 0. The third kappa shape index (κ3) is 3.03. The summed E-state index contributed by atoms with van der Waals surface area (Å²) < 4.78 is 1.91. The van der Waals surface area contributed by atoms with Crippen LogP contribution in [0.15, 0.2) is 53.3 Å². The molecule has 4 rings (SSSR count). The van der Waals surface area contributed by atoms with Crippen molar-refractivity contribution in [3.05, 3.63) is 58.8 Å². The van der Waals surface area contributed by atoms with Crippen LogP contribution < -0.4 is 16.5 Å². The van der Waals surface area contributed by atoms with E-state index in [1.54, 1.807) is 0 Å². The maximum atomic E-state index is 12.7. The van der Waals surface area contributed by atoms with E-state index in [0.717, 1.165) is 23.9 Å². The van der Waals surface area contributed by atoms with E-state index in [4.69, 9.17) is 5.73 Å². The normalized spacial score (nSPS) is 15.4. The summed E-state index contributed by atoms with van der Waals surface area (Å²) >= 11 is 0. The lowest BCUT2D eigenvalue weighted by Crippen LogP contribution is -2.40. The fourth-order valence-electron chi connectivity index (χ4n) is 3.37. The molecule has 25 heavy (non-hydrogen) atoms. The summed E-state index contributed by atoms with van der Waals surface area (Å²) in [5.41, 5.74) is 7.60. The number of carbonyl (C=O) groups is 1. The van der Waals surface area contributed by atoms with Crippen molar-refractivity contribution in [1.29, 1.82) is 0 Å². The van der Waals surface area contributed by atoms with Gasteiger partial charge in [0.1, 0.15) is 6.54 Å². The number of hydrogen-bond acceptors (Lipinski definition) is 3. The molecule has 1 heterocycles. The first-order valence-electron chi connectivity index (χ1n) is 8.67. The Morgan fingerprint density at radius 3 is 2.20 bits per heavy atom. The maximum Gasteiger partial charge on any atom is 0.240 e. The van der Waals surface area contributed by atoms with E-state index < -0.39 is 0 Å². The lowest BCUT2D eigenvalue weighted by atomic mass is 10.1. The van der Waals surface area contributed by atoms with Gasteiger partial charge >= 0.3 is 0 Å². The Balaban J connectivity index is 1.70. The van der Waals surface area contributed by atoms with Gasteiger partial charge in [-0.25, -0.2) is 0 Å². The highest BCUT2D eigenvalue weighted by Gasteiger charge is 2.28. The quantitative estimate of drug-likeness (QED) is 0.700. The van der Waals surface area contributed by atoms with Crippen molar-refractivity contribution in [2.45, 2.75) is 25.4 Å². The van der Waals surface area contributed by atoms with Gasteiger partial charge in [-0.1, -0.05) is 24.3 Å². The number of carbonyl (C=O) groups excluding carboxylic acids is 1. The molecule has 1 amide bonds. The molecular formula is C20H21N3O2. The number of nitrogens with one attached hydrogen (secondary N) is 1. The highest BCUT2D eigenvalue weighted by Crippen LogP contribution is 2.31. The van der Waals surface area contributed by atoms with Gasteiger partial charge in [0.25, 0.3) is 0 Å². The van der Waals surface area contributed by atoms with Gasteiger partial charge in [0.05, 0.1) is 11.0 Å². The molecule has 1 saturated carbocycles. The van der Waals surface area contributed by atoms with Gasteiger partial charge in [0.2, 0.25) is 5.91 Å². The minimum absolute atomic E-state index is 0.00128. The average Bonchev–Trinajstić information content (AvgIpc) is 3.48. The van der Waals surface area contributed by atoms with Gasteiger partial charge in [-0.15, -0.1) is 0 Å². The molecule has 3 aromatic rings. The molecule has 3 N–H and O–H groups in total. The monoisotopic (exact) mass is 335 g/mol. The molecular weight excluding hydrogens is 314 g/mol. The van der Waals surface area contributed by atoms with Crippen molar-refractivity contribution in [2.24, 2.45) is 11.7 Å². The second kappa shape index (κ2) is 6.33. The highest BCUT2D eigenvalue weighted by molar-refractivity contribution is 5.94. The number of aromatic nitrogens is 1. The Morgan fingerprint density at radius 1 is 1.08 bits per heavy atom. The first kappa shape index (κ1) is 15.8. The molecule has 1 unspecified atom stereocenters. The Kier molecular flexibility index (Phi) is 4.01. The van der Waals surface area contributed by atoms with Crippen molar-refractivity contribution in [3.63, 3.8) is 0 Å². The zero-order chi connectivity index (χ0) is 17.4. The SMILES string of the molecule is NC(CNC(=O)Cn1c2ccccc2c(=O)c2ccccc21)C1CC1. The summed E-state index contributed by atoms with van der Waals surface area (Å²) in [6.45, 7) is 0.665. The summed E-state index contributed by atoms with van der Waals surface area (Å²) in [6, 6.07) is 14.9. The van der Waals surface area contributed by atoms with Crippen molar-refractivity contribution < 1.29 is 4.79 Å². The zero-order valence-electron chi connectivity index (χ0n) is 13.9. The van der Waals surface area contributed by atoms with Crippen molar-refractivity contribution in [3.8, 4) is 0 Å². The summed E-state index contributed by atoms with van der Waals surface area (Å²) in [4.78, 5) is 25.2. The fourth-order valence-corrected chi connectivity index (χ4v) is 3.37. The first-order valence-corrected chi connectivity index (χ1v) is 8.67. The van der Waals surface area contributed by atoms with E-state index in [-0.39, 0.29) is 23.9 Å². The molecule has 1 aliphatic carbocycles. The number of pyridine rings is 1. The molecule has 0 saturated heterocycles. The smallest absolute Gasteiger partial charge is 0.240 e. The number of nitrogens with two attached hydrogens (primary N) is 1. The van der Waals surface area contributed by atoms with Crippen molar-refractivity contribution >= 4 is 27.7 Å². The predicted octanol–water partition coefficient (Wildman–Crippen LogP) is 2.01. The van der Waals surface area contributed by atoms with Crippen LogP contribution in [-0.2, 0) is 11.3 Å². The minimum atomic E-state index is -0.0879. The van der Waals surface area contributed by atoms with E-state index in [9.17, 15) is 9.59 Å². The van der Waals surface area contributed by atoms with Gasteiger partial charge in [-0.2, -0.15) is 0 Å². The molecule has 128 valence electrons. The Hall–Kier alpha value is -2.66. The molecule has 1 atom stereocenters. The molecule has 2 aromatic carbocycles. The fraction of sp³-hybridized carbons (Fsp3) is 0.300. The zero-order valence-corrected chi connectivity index (χ0v) is 13.9. The first-order chi connectivity index (χ1) is 12.1. The van der Waals surface area contributed by atoms with E-state index in [1.165, 1.54) is 0 Å². The molecule has 0 radical (unpaired) electrons. The van der Waals surface area contributed by atoms with Crippen LogP contribution in [-0.4, -0.2) is 23.1 Å². The van der Waals surface area contributed by atoms with E-state index in [0.29, 0.717) is 23.2 Å². The molecule has 5 heteroatoms. The highest BCUT2D eigenvalue weighted by atomic mass is 16.2. The van der Waals surface area contributed by atoms with Crippen LogP contribution >= 0.6 is 0 Å². The molecule has 0 spiro atoms. The lowest BCUT2D eigenvalue weighted by molar-refractivity contribution is -0.121. The molecule has 0 bridgehead atoms.